The van der Waals surface area contributed by atoms with Gasteiger partial charge in [0.25, 0.3) is 5.91 Å². The van der Waals surface area contributed by atoms with Crippen molar-refractivity contribution in [1.29, 1.82) is 0 Å². The number of piperazine rings is 1. The highest BCUT2D eigenvalue weighted by molar-refractivity contribution is 7.99. The van der Waals surface area contributed by atoms with Crippen LogP contribution in [-0.4, -0.2) is 36.5 Å². The van der Waals surface area contributed by atoms with Gasteiger partial charge in [-0.2, -0.15) is 0 Å². The molecule has 0 aromatic heterocycles. The van der Waals surface area contributed by atoms with Gasteiger partial charge in [0.2, 0.25) is 0 Å². The molecular weight excluding hydrogens is 436 g/mol. The van der Waals surface area contributed by atoms with Crippen LogP contribution in [0, 0.1) is 0 Å². The summed E-state index contributed by atoms with van der Waals surface area (Å²) < 4.78 is 0. The summed E-state index contributed by atoms with van der Waals surface area (Å²) in [4.78, 5) is 18.1. The first-order valence-corrected chi connectivity index (χ1v) is 12.6. The van der Waals surface area contributed by atoms with Gasteiger partial charge in [-0.05, 0) is 41.3 Å². The molecule has 1 saturated heterocycles. The Morgan fingerprint density at radius 3 is 2.24 bits per heavy atom. The number of carbonyl (C=O) groups is 1. The molecule has 0 aliphatic carbocycles. The fourth-order valence-electron chi connectivity index (χ4n) is 4.51. The lowest BCUT2D eigenvalue weighted by Gasteiger charge is -2.37. The predicted octanol–water partition coefficient (Wildman–Crippen LogP) is 6.16. The Morgan fingerprint density at radius 2 is 1.44 bits per heavy atom. The highest BCUT2D eigenvalue weighted by atomic mass is 32.2. The van der Waals surface area contributed by atoms with E-state index in [1.54, 1.807) is 11.8 Å². The van der Waals surface area contributed by atoms with Crippen LogP contribution in [0.3, 0.4) is 0 Å². The molecule has 0 saturated carbocycles. The summed E-state index contributed by atoms with van der Waals surface area (Å²) in [5.41, 5.74) is 4.39. The van der Waals surface area contributed by atoms with Gasteiger partial charge in [-0.15, -0.1) is 0 Å². The summed E-state index contributed by atoms with van der Waals surface area (Å²) >= 11 is 1.67. The number of benzene rings is 4. The third kappa shape index (κ3) is 5.09. The van der Waals surface area contributed by atoms with Gasteiger partial charge < -0.3 is 10.2 Å². The number of nitrogens with one attached hydrogen (secondary N) is 1. The van der Waals surface area contributed by atoms with E-state index in [2.05, 4.69) is 89.1 Å². The molecular formula is C30H28N2OS. The van der Waals surface area contributed by atoms with Crippen molar-refractivity contribution in [2.24, 2.45) is 0 Å². The molecule has 1 atom stereocenters. The number of hydrogen-bond donors (Lipinski definition) is 1. The van der Waals surface area contributed by atoms with E-state index in [1.165, 1.54) is 16.7 Å². The summed E-state index contributed by atoms with van der Waals surface area (Å²) in [7, 11) is 0. The van der Waals surface area contributed by atoms with Crippen molar-refractivity contribution in [2.75, 3.05) is 19.6 Å². The standard InChI is InChI=1S/C30H28N2OS/c33-30(32-20-19-31-22-25(32)21-23-11-3-1-4-12-23)27-16-8-10-18-29(27)34-28-17-9-7-15-26(28)24-13-5-2-6-14-24/h1-18,25,31H,19-22H2/t25-/m1/s1. The molecule has 1 aliphatic heterocycles. The fraction of sp³-hybridized carbons (Fsp3) is 0.167. The maximum Gasteiger partial charge on any atom is 0.255 e. The van der Waals surface area contributed by atoms with E-state index in [9.17, 15) is 4.79 Å². The molecule has 34 heavy (non-hydrogen) atoms. The first-order valence-electron chi connectivity index (χ1n) is 11.8. The van der Waals surface area contributed by atoms with Gasteiger partial charge in [0.15, 0.2) is 0 Å². The summed E-state index contributed by atoms with van der Waals surface area (Å²) in [6.45, 7) is 2.35. The molecule has 170 valence electrons. The van der Waals surface area contributed by atoms with E-state index in [0.717, 1.165) is 41.4 Å². The molecule has 4 aromatic rings. The van der Waals surface area contributed by atoms with Gasteiger partial charge >= 0.3 is 0 Å². The Hall–Kier alpha value is -3.34. The van der Waals surface area contributed by atoms with Crippen molar-refractivity contribution >= 4 is 17.7 Å². The van der Waals surface area contributed by atoms with E-state index in [0.29, 0.717) is 0 Å². The van der Waals surface area contributed by atoms with Crippen molar-refractivity contribution in [3.05, 3.63) is 120 Å². The van der Waals surface area contributed by atoms with Crippen LogP contribution in [0.4, 0.5) is 0 Å². The van der Waals surface area contributed by atoms with E-state index in [4.69, 9.17) is 0 Å². The van der Waals surface area contributed by atoms with Gasteiger partial charge in [0.05, 0.1) is 5.56 Å². The van der Waals surface area contributed by atoms with Crippen LogP contribution < -0.4 is 5.32 Å². The van der Waals surface area contributed by atoms with Gasteiger partial charge in [-0.1, -0.05) is 103 Å². The minimum atomic E-state index is 0.114. The lowest BCUT2D eigenvalue weighted by Crippen LogP contribution is -2.54. The average molecular weight is 465 g/mol. The summed E-state index contributed by atoms with van der Waals surface area (Å²) in [6, 6.07) is 37.4. The van der Waals surface area contributed by atoms with E-state index in [1.807, 2.05) is 30.3 Å². The number of carbonyl (C=O) groups excluding carboxylic acids is 1. The zero-order valence-corrected chi connectivity index (χ0v) is 19.9. The molecule has 0 unspecified atom stereocenters. The zero-order chi connectivity index (χ0) is 23.2. The smallest absolute Gasteiger partial charge is 0.255 e. The van der Waals surface area contributed by atoms with Crippen LogP contribution >= 0.6 is 11.8 Å². The topological polar surface area (TPSA) is 32.3 Å². The summed E-state index contributed by atoms with van der Waals surface area (Å²) in [5, 5.41) is 3.47. The third-order valence-corrected chi connectivity index (χ3v) is 7.39. The minimum absolute atomic E-state index is 0.114. The average Bonchev–Trinajstić information content (AvgIpc) is 2.90. The number of nitrogens with zero attached hydrogens (tertiary/aromatic N) is 1. The molecule has 1 amide bonds. The summed E-state index contributed by atoms with van der Waals surface area (Å²) in [5.74, 6) is 0.114. The number of hydrogen-bond acceptors (Lipinski definition) is 3. The molecule has 1 N–H and O–H groups in total. The Bertz CT molecular complexity index is 1240. The SMILES string of the molecule is O=C(c1ccccc1Sc1ccccc1-c1ccccc1)N1CCNC[C@H]1Cc1ccccc1. The van der Waals surface area contributed by atoms with Gasteiger partial charge in [0.1, 0.15) is 0 Å². The minimum Gasteiger partial charge on any atom is -0.333 e. The predicted molar refractivity (Wildman–Crippen MR) is 140 cm³/mol. The first-order chi connectivity index (χ1) is 16.8. The monoisotopic (exact) mass is 464 g/mol. The van der Waals surface area contributed by atoms with Crippen molar-refractivity contribution in [3.8, 4) is 11.1 Å². The molecule has 0 bridgehead atoms. The normalized spacial score (nSPS) is 15.8. The van der Waals surface area contributed by atoms with Crippen molar-refractivity contribution < 1.29 is 4.79 Å². The molecule has 3 nitrogen and oxygen atoms in total. The van der Waals surface area contributed by atoms with Gasteiger partial charge in [-0.25, -0.2) is 0 Å². The van der Waals surface area contributed by atoms with Crippen LogP contribution in [0.1, 0.15) is 15.9 Å². The molecule has 1 fully saturated rings. The highest BCUT2D eigenvalue weighted by Crippen LogP contribution is 2.37. The molecule has 1 heterocycles. The van der Waals surface area contributed by atoms with E-state index < -0.39 is 0 Å². The molecule has 4 heteroatoms. The summed E-state index contributed by atoms with van der Waals surface area (Å²) in [6.07, 6.45) is 0.853. The second-order valence-electron chi connectivity index (χ2n) is 8.51. The van der Waals surface area contributed by atoms with Crippen LogP contribution in [0.15, 0.2) is 119 Å². The molecule has 1 aliphatic rings. The fourth-order valence-corrected chi connectivity index (χ4v) is 5.61. The molecule has 0 spiro atoms. The Labute approximate surface area is 205 Å². The second kappa shape index (κ2) is 10.7. The van der Waals surface area contributed by atoms with Crippen LogP contribution in [-0.2, 0) is 6.42 Å². The Morgan fingerprint density at radius 1 is 0.794 bits per heavy atom. The van der Waals surface area contributed by atoms with Crippen molar-refractivity contribution in [1.82, 2.24) is 10.2 Å². The lowest BCUT2D eigenvalue weighted by molar-refractivity contribution is 0.0632. The van der Waals surface area contributed by atoms with Gasteiger partial charge in [-0.3, -0.25) is 4.79 Å². The van der Waals surface area contributed by atoms with Crippen LogP contribution in [0.2, 0.25) is 0 Å². The number of amides is 1. The van der Waals surface area contributed by atoms with E-state index >= 15 is 0 Å². The van der Waals surface area contributed by atoms with Gasteiger partial charge in [0, 0.05) is 35.5 Å². The third-order valence-electron chi connectivity index (χ3n) is 6.23. The molecule has 4 aromatic carbocycles. The first kappa shape index (κ1) is 22.5. The van der Waals surface area contributed by atoms with Crippen molar-refractivity contribution in [3.63, 3.8) is 0 Å². The second-order valence-corrected chi connectivity index (χ2v) is 9.59. The maximum absolute atomic E-state index is 13.9. The van der Waals surface area contributed by atoms with Crippen molar-refractivity contribution in [2.45, 2.75) is 22.3 Å². The Kier molecular flexibility index (Phi) is 7.08. The number of rotatable bonds is 6. The molecule has 5 rings (SSSR count). The Balaban J connectivity index is 1.43. The van der Waals surface area contributed by atoms with Crippen LogP contribution in [0.25, 0.3) is 11.1 Å². The van der Waals surface area contributed by atoms with E-state index in [-0.39, 0.29) is 11.9 Å². The lowest BCUT2D eigenvalue weighted by atomic mass is 10.0. The quantitative estimate of drug-likeness (QED) is 0.371. The zero-order valence-electron chi connectivity index (χ0n) is 19.1. The molecule has 0 radical (unpaired) electrons. The maximum atomic E-state index is 13.9. The van der Waals surface area contributed by atoms with Crippen LogP contribution in [0.5, 0.6) is 0 Å². The largest absolute Gasteiger partial charge is 0.333 e. The highest BCUT2D eigenvalue weighted by Gasteiger charge is 2.29.